The molecule has 0 aromatic heterocycles. The third-order valence-electron chi connectivity index (χ3n) is 11.4. The minimum absolute atomic E-state index is 0.0325. The zero-order valence-electron chi connectivity index (χ0n) is 25.1. The van der Waals surface area contributed by atoms with E-state index in [2.05, 4.69) is 0 Å². The molecule has 8 nitrogen and oxygen atoms in total. The van der Waals surface area contributed by atoms with Crippen molar-refractivity contribution in [3.05, 3.63) is 83.5 Å². The van der Waals surface area contributed by atoms with Crippen LogP contribution in [0.15, 0.2) is 72.3 Å². The van der Waals surface area contributed by atoms with Gasteiger partial charge < -0.3 is 30.2 Å². The van der Waals surface area contributed by atoms with Crippen molar-refractivity contribution in [3.8, 4) is 5.75 Å². The summed E-state index contributed by atoms with van der Waals surface area (Å²) in [6.45, 7) is 2.75. The molecule has 1 heterocycles. The minimum Gasteiger partial charge on any atom is -0.489 e. The number of nitrogens with two attached hydrogens (primary N) is 1. The van der Waals surface area contributed by atoms with Gasteiger partial charge >= 0.3 is 0 Å². The molecule has 0 unspecified atom stereocenters. The van der Waals surface area contributed by atoms with E-state index in [1.54, 1.807) is 25.1 Å². The van der Waals surface area contributed by atoms with Gasteiger partial charge in [-0.25, -0.2) is 8.78 Å². The van der Waals surface area contributed by atoms with Crippen LogP contribution in [-0.4, -0.2) is 58.0 Å². The highest BCUT2D eigenvalue weighted by atomic mass is 19.1. The SMILES string of the molecule is C[C@]12C=CC(=O)C=C1[C@@H](F)C[C@H]1[C@@H]3C[C@H]4O[C@H](c5ccc(COc6cccc(N)c6)cc5)O[C@@]4(C(=O)CO)[C@@]3(C)C[C@H](O)[C@@]12F. The molecule has 0 spiro atoms. The normalized spacial score (nSPS) is 41.5. The van der Waals surface area contributed by atoms with Gasteiger partial charge in [-0.05, 0) is 67.5 Å². The van der Waals surface area contributed by atoms with Gasteiger partial charge in [-0.3, -0.25) is 9.59 Å². The zero-order chi connectivity index (χ0) is 31.9. The van der Waals surface area contributed by atoms with Gasteiger partial charge in [0, 0.05) is 34.1 Å². The minimum atomic E-state index is -2.30. The molecule has 0 amide bonds. The molecule has 0 radical (unpaired) electrons. The van der Waals surface area contributed by atoms with Crippen LogP contribution in [0.3, 0.4) is 0 Å². The lowest BCUT2D eigenvalue weighted by Gasteiger charge is -2.63. The van der Waals surface area contributed by atoms with Crippen LogP contribution in [0.1, 0.15) is 50.5 Å². The molecule has 238 valence electrons. The molecule has 0 bridgehead atoms. The summed E-state index contributed by atoms with van der Waals surface area (Å²) in [5.41, 5.74) is 1.26. The van der Waals surface area contributed by atoms with Gasteiger partial charge in [0.2, 0.25) is 0 Å². The van der Waals surface area contributed by atoms with Crippen molar-refractivity contribution in [1.82, 2.24) is 0 Å². The third-order valence-corrected chi connectivity index (χ3v) is 11.4. The van der Waals surface area contributed by atoms with Gasteiger partial charge in [0.15, 0.2) is 29.1 Å². The Balaban J connectivity index is 1.18. The predicted molar refractivity (Wildman–Crippen MR) is 159 cm³/mol. The average Bonchev–Trinajstić information content (AvgIpc) is 3.52. The average molecular weight is 622 g/mol. The highest BCUT2D eigenvalue weighted by Crippen LogP contribution is 2.72. The molecule has 3 saturated carbocycles. The quantitative estimate of drug-likeness (QED) is 0.403. The van der Waals surface area contributed by atoms with Crippen LogP contribution in [0.4, 0.5) is 14.5 Å². The Hall–Kier alpha value is -3.44. The lowest BCUT2D eigenvalue weighted by atomic mass is 9.44. The number of rotatable bonds is 6. The molecule has 4 N–H and O–H groups in total. The van der Waals surface area contributed by atoms with Gasteiger partial charge in [-0.1, -0.05) is 43.3 Å². The second kappa shape index (κ2) is 10.3. The number of hydrogen-bond acceptors (Lipinski definition) is 8. The molecule has 4 aliphatic carbocycles. The van der Waals surface area contributed by atoms with E-state index in [9.17, 15) is 19.8 Å². The monoisotopic (exact) mass is 621 g/mol. The van der Waals surface area contributed by atoms with Gasteiger partial charge in [-0.2, -0.15) is 0 Å². The Morgan fingerprint density at radius 2 is 1.89 bits per heavy atom. The van der Waals surface area contributed by atoms with E-state index in [0.717, 1.165) is 11.6 Å². The molecule has 5 aliphatic rings. The summed E-state index contributed by atoms with van der Waals surface area (Å²) in [5, 5.41) is 21.8. The Kier molecular flexibility index (Phi) is 6.91. The predicted octanol–water partition coefficient (Wildman–Crippen LogP) is 4.49. The molecule has 7 rings (SSSR count). The van der Waals surface area contributed by atoms with Crippen molar-refractivity contribution < 1.29 is 42.8 Å². The maximum absolute atomic E-state index is 17.5. The fraction of sp³-hybridized carbons (Fsp3) is 0.486. The molecule has 10 heteroatoms. The van der Waals surface area contributed by atoms with E-state index in [1.165, 1.54) is 19.1 Å². The first kappa shape index (κ1) is 30.2. The number of nitrogen functional groups attached to an aromatic ring is 1. The number of carbonyl (C=O) groups excluding carboxylic acids is 2. The molecule has 10 atom stereocenters. The van der Waals surface area contributed by atoms with E-state index >= 15 is 8.78 Å². The van der Waals surface area contributed by atoms with Crippen LogP contribution in [0.2, 0.25) is 0 Å². The smallest absolute Gasteiger partial charge is 0.193 e. The second-order valence-corrected chi connectivity index (χ2v) is 13.6. The van der Waals surface area contributed by atoms with Crippen LogP contribution in [-0.2, 0) is 25.7 Å². The highest BCUT2D eigenvalue weighted by Gasteiger charge is 2.80. The summed E-state index contributed by atoms with van der Waals surface area (Å²) < 4.78 is 52.1. The maximum atomic E-state index is 17.5. The van der Waals surface area contributed by atoms with Crippen molar-refractivity contribution in [3.63, 3.8) is 0 Å². The van der Waals surface area contributed by atoms with Crippen molar-refractivity contribution in [2.75, 3.05) is 12.3 Å². The van der Waals surface area contributed by atoms with Crippen LogP contribution >= 0.6 is 0 Å². The molecule has 2 aromatic rings. The number of ether oxygens (including phenoxy) is 3. The van der Waals surface area contributed by atoms with Gasteiger partial charge in [0.1, 0.15) is 25.1 Å². The first-order valence-electron chi connectivity index (χ1n) is 15.4. The number of allylic oxidation sites excluding steroid dienone is 4. The number of Topliss-reactive ketones (excluding diaryl/α,β-unsaturated/α-hetero) is 1. The Labute approximate surface area is 259 Å². The van der Waals surface area contributed by atoms with Gasteiger partial charge in [0.25, 0.3) is 0 Å². The van der Waals surface area contributed by atoms with Gasteiger partial charge in [-0.15, -0.1) is 0 Å². The number of ketones is 2. The number of aliphatic hydroxyl groups is 2. The molecule has 4 fully saturated rings. The van der Waals surface area contributed by atoms with Crippen LogP contribution in [0.25, 0.3) is 0 Å². The van der Waals surface area contributed by atoms with Crippen molar-refractivity contribution in [1.29, 1.82) is 0 Å². The molecule has 1 aliphatic heterocycles. The summed E-state index contributed by atoms with van der Waals surface area (Å²) in [7, 11) is 0. The highest BCUT2D eigenvalue weighted by molar-refractivity contribution is 6.01. The maximum Gasteiger partial charge on any atom is 0.193 e. The number of benzene rings is 2. The lowest BCUT2D eigenvalue weighted by Crippen LogP contribution is -2.70. The largest absolute Gasteiger partial charge is 0.489 e. The molecular formula is C35H37F2NO7. The number of aliphatic hydroxyl groups excluding tert-OH is 2. The molecule has 45 heavy (non-hydrogen) atoms. The Bertz CT molecular complexity index is 1610. The second-order valence-electron chi connectivity index (χ2n) is 13.6. The van der Waals surface area contributed by atoms with E-state index in [0.29, 0.717) is 23.6 Å². The summed E-state index contributed by atoms with van der Waals surface area (Å²) in [5.74, 6) is -2.00. The van der Waals surface area contributed by atoms with Crippen LogP contribution in [0, 0.1) is 22.7 Å². The fourth-order valence-corrected chi connectivity index (χ4v) is 9.26. The van der Waals surface area contributed by atoms with Crippen LogP contribution in [0.5, 0.6) is 5.75 Å². The van der Waals surface area contributed by atoms with Crippen molar-refractivity contribution in [2.45, 2.75) is 75.7 Å². The molecular weight excluding hydrogens is 584 g/mol. The van der Waals surface area contributed by atoms with E-state index in [1.807, 2.05) is 30.3 Å². The van der Waals surface area contributed by atoms with E-state index in [4.69, 9.17) is 19.9 Å². The number of carbonyl (C=O) groups is 2. The van der Waals surface area contributed by atoms with Crippen LogP contribution < -0.4 is 10.5 Å². The lowest BCUT2D eigenvalue weighted by molar-refractivity contribution is -0.235. The summed E-state index contributed by atoms with van der Waals surface area (Å²) in [6, 6.07) is 14.5. The van der Waals surface area contributed by atoms with Crippen molar-refractivity contribution in [2.24, 2.45) is 22.7 Å². The summed E-state index contributed by atoms with van der Waals surface area (Å²) in [4.78, 5) is 25.8. The number of hydrogen-bond donors (Lipinski definition) is 3. The first-order chi connectivity index (χ1) is 21.4. The summed E-state index contributed by atoms with van der Waals surface area (Å²) >= 11 is 0. The molecule has 1 saturated heterocycles. The Morgan fingerprint density at radius 3 is 2.60 bits per heavy atom. The van der Waals surface area contributed by atoms with E-state index in [-0.39, 0.29) is 24.8 Å². The first-order valence-corrected chi connectivity index (χ1v) is 15.4. The molecule has 2 aromatic carbocycles. The number of fused-ring (bicyclic) bond motifs is 7. The zero-order valence-corrected chi connectivity index (χ0v) is 25.1. The van der Waals surface area contributed by atoms with Gasteiger partial charge in [0.05, 0.1) is 12.2 Å². The number of alkyl halides is 2. The van der Waals surface area contributed by atoms with E-state index < -0.39 is 76.8 Å². The fourth-order valence-electron chi connectivity index (χ4n) is 9.26. The third kappa shape index (κ3) is 4.08. The van der Waals surface area contributed by atoms with Crippen molar-refractivity contribution >= 4 is 17.3 Å². The number of halogens is 2. The number of anilines is 1. The standard InChI is InChI=1S/C35H37F2NO7/c1-32-11-10-22(40)13-26(32)27(36)14-25-24-15-30-35(29(42)17-39,33(24,2)16-28(41)34(25,32)37)45-31(44-30)20-8-6-19(7-9-20)18-43-23-5-3-4-21(38)12-23/h3-13,24-25,27-28,30-31,39,41H,14-18,38H2,1-2H3/t24-,25-,27-,28-,30+,31-,32-,33-,34-,35+/m0/s1. The summed E-state index contributed by atoms with van der Waals surface area (Å²) in [6.07, 6.45) is -1.52. The Morgan fingerprint density at radius 1 is 1.13 bits per heavy atom. The topological polar surface area (TPSA) is 128 Å².